The van der Waals surface area contributed by atoms with E-state index in [2.05, 4.69) is 53.1 Å². The third-order valence-corrected chi connectivity index (χ3v) is 6.74. The Morgan fingerprint density at radius 1 is 1.08 bits per heavy atom. The number of hydrogen-bond donors (Lipinski definition) is 2. The van der Waals surface area contributed by atoms with Gasteiger partial charge in [-0.1, -0.05) is 30.3 Å². The molecule has 2 N–H and O–H groups in total. The number of anilines is 1. The maximum atomic E-state index is 12.1. The van der Waals surface area contributed by atoms with Crippen LogP contribution in [0.25, 0.3) is 0 Å². The lowest BCUT2D eigenvalue weighted by atomic mass is 9.68. The van der Waals surface area contributed by atoms with Crippen molar-refractivity contribution in [2.75, 3.05) is 12.4 Å². The highest BCUT2D eigenvalue weighted by molar-refractivity contribution is 5.94. The van der Waals surface area contributed by atoms with E-state index in [9.17, 15) is 4.79 Å². The van der Waals surface area contributed by atoms with Crippen molar-refractivity contribution in [3.05, 3.63) is 65.2 Å². The molecule has 2 fully saturated rings. The Labute approximate surface area is 148 Å². The predicted octanol–water partition coefficient (Wildman–Crippen LogP) is 4.34. The Morgan fingerprint density at radius 3 is 2.68 bits per heavy atom. The van der Waals surface area contributed by atoms with E-state index in [4.69, 9.17) is 0 Å². The summed E-state index contributed by atoms with van der Waals surface area (Å²) in [7, 11) is 1.70. The summed E-state index contributed by atoms with van der Waals surface area (Å²) in [6, 6.07) is 17.5. The van der Waals surface area contributed by atoms with E-state index >= 15 is 0 Å². The molecule has 5 atom stereocenters. The summed E-state index contributed by atoms with van der Waals surface area (Å²) in [6.45, 7) is 0. The topological polar surface area (TPSA) is 41.1 Å². The van der Waals surface area contributed by atoms with Crippen LogP contribution in [0.5, 0.6) is 0 Å². The van der Waals surface area contributed by atoms with Crippen molar-refractivity contribution in [2.24, 2.45) is 17.8 Å². The quantitative estimate of drug-likeness (QED) is 0.859. The second-order valence-electron chi connectivity index (χ2n) is 7.85. The maximum Gasteiger partial charge on any atom is 0.251 e. The lowest BCUT2D eigenvalue weighted by molar-refractivity contribution is 0.0963. The molecule has 1 aliphatic heterocycles. The van der Waals surface area contributed by atoms with Crippen LogP contribution in [0.15, 0.2) is 48.5 Å². The van der Waals surface area contributed by atoms with Crippen molar-refractivity contribution in [1.29, 1.82) is 0 Å². The zero-order valence-corrected chi connectivity index (χ0v) is 14.5. The molecule has 3 heteroatoms. The highest BCUT2D eigenvalue weighted by atomic mass is 16.1. The van der Waals surface area contributed by atoms with Crippen molar-refractivity contribution >= 4 is 11.6 Å². The van der Waals surface area contributed by atoms with Gasteiger partial charge in [0.15, 0.2) is 0 Å². The highest BCUT2D eigenvalue weighted by Gasteiger charge is 2.53. The average Bonchev–Trinajstić information content (AvgIpc) is 3.29. The zero-order chi connectivity index (χ0) is 17.0. The molecule has 0 aromatic heterocycles. The van der Waals surface area contributed by atoms with E-state index in [-0.39, 0.29) is 5.91 Å². The molecule has 2 aromatic rings. The molecule has 1 amide bonds. The first-order valence-electron chi connectivity index (χ1n) is 9.44. The van der Waals surface area contributed by atoms with Crippen LogP contribution in [-0.2, 0) is 0 Å². The van der Waals surface area contributed by atoms with E-state index in [0.29, 0.717) is 17.9 Å². The highest BCUT2D eigenvalue weighted by Crippen LogP contribution is 2.63. The van der Waals surface area contributed by atoms with Crippen molar-refractivity contribution < 1.29 is 4.79 Å². The molecule has 2 bridgehead atoms. The molecule has 0 unspecified atom stereocenters. The number of hydrogen-bond acceptors (Lipinski definition) is 2. The molecule has 3 aliphatic rings. The largest absolute Gasteiger partial charge is 0.378 e. The molecule has 25 heavy (non-hydrogen) atoms. The van der Waals surface area contributed by atoms with Gasteiger partial charge in [-0.3, -0.25) is 4.79 Å². The maximum absolute atomic E-state index is 12.1. The first kappa shape index (κ1) is 15.0. The van der Waals surface area contributed by atoms with Crippen LogP contribution in [0.1, 0.15) is 52.7 Å². The first-order valence-corrected chi connectivity index (χ1v) is 9.44. The van der Waals surface area contributed by atoms with Gasteiger partial charge in [-0.05, 0) is 72.3 Å². The normalized spacial score (nSPS) is 31.8. The fourth-order valence-corrected chi connectivity index (χ4v) is 5.76. The Bertz CT molecular complexity index is 816. The number of benzene rings is 2. The lowest BCUT2D eigenvalue weighted by Gasteiger charge is -2.43. The predicted molar refractivity (Wildman–Crippen MR) is 99.7 cm³/mol. The number of fused-ring (bicyclic) bond motifs is 7. The second-order valence-corrected chi connectivity index (χ2v) is 7.85. The molecule has 2 saturated carbocycles. The van der Waals surface area contributed by atoms with Crippen molar-refractivity contribution in [3.63, 3.8) is 0 Å². The second kappa shape index (κ2) is 5.62. The molecular formula is C22H24N2O. The fourth-order valence-electron chi connectivity index (χ4n) is 5.76. The molecule has 3 nitrogen and oxygen atoms in total. The molecule has 0 spiro atoms. The third-order valence-electron chi connectivity index (χ3n) is 6.74. The van der Waals surface area contributed by atoms with E-state index in [1.54, 1.807) is 7.05 Å². The third kappa shape index (κ3) is 2.21. The van der Waals surface area contributed by atoms with Crippen LogP contribution >= 0.6 is 0 Å². The molecule has 2 aromatic carbocycles. The zero-order valence-electron chi connectivity index (χ0n) is 14.5. The van der Waals surface area contributed by atoms with Gasteiger partial charge in [-0.2, -0.15) is 0 Å². The Kier molecular flexibility index (Phi) is 3.37. The number of carbonyl (C=O) groups is 1. The van der Waals surface area contributed by atoms with Crippen LogP contribution < -0.4 is 10.6 Å². The Morgan fingerprint density at radius 2 is 1.88 bits per heavy atom. The first-order chi connectivity index (χ1) is 12.3. The van der Waals surface area contributed by atoms with Crippen LogP contribution in [-0.4, -0.2) is 13.0 Å². The molecule has 5 rings (SSSR count). The Balaban J connectivity index is 1.61. The van der Waals surface area contributed by atoms with Crippen LogP contribution in [0.2, 0.25) is 0 Å². The molecular weight excluding hydrogens is 308 g/mol. The number of carbonyl (C=O) groups excluding carboxylic acids is 1. The van der Waals surface area contributed by atoms with Gasteiger partial charge in [0, 0.05) is 18.3 Å². The summed E-state index contributed by atoms with van der Waals surface area (Å²) < 4.78 is 0. The molecule has 0 radical (unpaired) electrons. The van der Waals surface area contributed by atoms with Gasteiger partial charge < -0.3 is 10.6 Å². The summed E-state index contributed by atoms with van der Waals surface area (Å²) >= 11 is 0. The van der Waals surface area contributed by atoms with E-state index in [1.807, 2.05) is 6.07 Å². The average molecular weight is 332 g/mol. The van der Waals surface area contributed by atoms with Crippen LogP contribution in [0, 0.1) is 17.8 Å². The smallest absolute Gasteiger partial charge is 0.251 e. The van der Waals surface area contributed by atoms with Crippen molar-refractivity contribution in [1.82, 2.24) is 5.32 Å². The van der Waals surface area contributed by atoms with E-state index in [0.717, 1.165) is 17.4 Å². The van der Waals surface area contributed by atoms with Crippen molar-refractivity contribution in [2.45, 2.75) is 31.2 Å². The van der Waals surface area contributed by atoms with Crippen LogP contribution in [0.3, 0.4) is 0 Å². The van der Waals surface area contributed by atoms with Gasteiger partial charge >= 0.3 is 0 Å². The number of amides is 1. The SMILES string of the molecule is CNC(=O)c1ccc2c(c1)[C@@H]1[C@H]3CC[C@@H](C3)[C@@H]1[C@@H](c1ccccc1)N2. The summed E-state index contributed by atoms with van der Waals surface area (Å²) in [6.07, 6.45) is 4.06. The minimum Gasteiger partial charge on any atom is -0.378 e. The van der Waals surface area contributed by atoms with E-state index in [1.165, 1.54) is 36.1 Å². The fraction of sp³-hybridized carbons (Fsp3) is 0.409. The van der Waals surface area contributed by atoms with Crippen LogP contribution in [0.4, 0.5) is 5.69 Å². The molecule has 128 valence electrons. The number of nitrogens with one attached hydrogen (secondary N) is 2. The van der Waals surface area contributed by atoms with Gasteiger partial charge in [-0.25, -0.2) is 0 Å². The number of rotatable bonds is 2. The Hall–Kier alpha value is -2.29. The van der Waals surface area contributed by atoms with E-state index < -0.39 is 0 Å². The van der Waals surface area contributed by atoms with Gasteiger partial charge in [0.05, 0.1) is 6.04 Å². The monoisotopic (exact) mass is 332 g/mol. The standard InChI is InChI=1S/C22H24N2O/c1-23-22(25)16-9-10-18-17(12-16)19-14-7-8-15(11-14)20(19)21(24-18)13-5-3-2-4-6-13/h2-6,9-10,12,14-15,19-21,24H,7-8,11H2,1H3,(H,23,25)/t14-,15-,19-,20-,21+/m0/s1. The van der Waals surface area contributed by atoms with Gasteiger partial charge in [0.25, 0.3) is 5.91 Å². The van der Waals surface area contributed by atoms with Gasteiger partial charge in [0.2, 0.25) is 0 Å². The summed E-state index contributed by atoms with van der Waals surface area (Å²) in [5.41, 5.74) is 4.76. The van der Waals surface area contributed by atoms with Gasteiger partial charge in [0.1, 0.15) is 0 Å². The lowest BCUT2D eigenvalue weighted by Crippen LogP contribution is -2.35. The summed E-state index contributed by atoms with van der Waals surface area (Å²) in [4.78, 5) is 12.1. The van der Waals surface area contributed by atoms with Gasteiger partial charge in [-0.15, -0.1) is 0 Å². The summed E-state index contributed by atoms with van der Waals surface area (Å²) in [5, 5.41) is 6.58. The van der Waals surface area contributed by atoms with Crippen molar-refractivity contribution in [3.8, 4) is 0 Å². The minimum absolute atomic E-state index is 0.00712. The minimum atomic E-state index is 0.00712. The molecule has 2 aliphatic carbocycles. The summed E-state index contributed by atoms with van der Waals surface area (Å²) in [5.74, 6) is 2.83. The molecule has 0 saturated heterocycles. The molecule has 1 heterocycles.